The summed E-state index contributed by atoms with van der Waals surface area (Å²) in [4.78, 5) is 4.58. The molecule has 2 aromatic carbocycles. The van der Waals surface area contributed by atoms with Gasteiger partial charge in [0.1, 0.15) is 11.8 Å². The molecule has 28 heavy (non-hydrogen) atoms. The Balaban J connectivity index is 1.68. The molecule has 0 saturated carbocycles. The highest BCUT2D eigenvalue weighted by Crippen LogP contribution is 2.39. The van der Waals surface area contributed by atoms with Crippen LogP contribution in [0.5, 0.6) is 5.75 Å². The van der Waals surface area contributed by atoms with Crippen LogP contribution in [0.2, 0.25) is 0 Å². The first-order chi connectivity index (χ1) is 13.6. The normalized spacial score (nSPS) is 15.5. The summed E-state index contributed by atoms with van der Waals surface area (Å²) < 4.78 is 16.7. The summed E-state index contributed by atoms with van der Waals surface area (Å²) in [5.41, 5.74) is 4.49. The highest BCUT2D eigenvalue weighted by Gasteiger charge is 2.26. The minimum Gasteiger partial charge on any atom is -0.490 e. The second kappa shape index (κ2) is 7.45. The predicted molar refractivity (Wildman–Crippen MR) is 104 cm³/mol. The molecule has 0 radical (unpaired) electrons. The van der Waals surface area contributed by atoms with Crippen molar-refractivity contribution >= 4 is 0 Å². The van der Waals surface area contributed by atoms with E-state index in [0.29, 0.717) is 28.6 Å². The van der Waals surface area contributed by atoms with Crippen LogP contribution in [0.3, 0.4) is 0 Å². The van der Waals surface area contributed by atoms with E-state index < -0.39 is 0 Å². The van der Waals surface area contributed by atoms with Crippen molar-refractivity contribution < 1.29 is 14.0 Å². The summed E-state index contributed by atoms with van der Waals surface area (Å²) in [7, 11) is 1.73. The Morgan fingerprint density at radius 3 is 2.86 bits per heavy atom. The number of nitrogens with zero attached hydrogens (tertiary/aromatic N) is 3. The van der Waals surface area contributed by atoms with E-state index in [-0.39, 0.29) is 12.2 Å². The van der Waals surface area contributed by atoms with E-state index in [4.69, 9.17) is 14.0 Å². The highest BCUT2D eigenvalue weighted by atomic mass is 16.5. The van der Waals surface area contributed by atoms with Crippen molar-refractivity contribution in [2.24, 2.45) is 0 Å². The standard InChI is InChI=1S/C22H21N3O3/c1-13(2)27-19-9-7-14(11-15(19)12-23)22-24-21(25-28-22)18-6-4-5-17-16(18)8-10-20(17)26-3/h4-7,9,11,13,20H,8,10H2,1-3H3. The van der Waals surface area contributed by atoms with Crippen LogP contribution in [0.4, 0.5) is 0 Å². The van der Waals surface area contributed by atoms with Crippen LogP contribution < -0.4 is 4.74 Å². The fraction of sp³-hybridized carbons (Fsp3) is 0.318. The molecule has 1 unspecified atom stereocenters. The van der Waals surface area contributed by atoms with Crippen LogP contribution in [0, 0.1) is 11.3 Å². The average Bonchev–Trinajstić information content (AvgIpc) is 3.34. The Morgan fingerprint density at radius 2 is 2.11 bits per heavy atom. The van der Waals surface area contributed by atoms with Gasteiger partial charge in [-0.3, -0.25) is 0 Å². The highest BCUT2D eigenvalue weighted by molar-refractivity contribution is 5.67. The molecular formula is C22H21N3O3. The number of rotatable bonds is 5. The van der Waals surface area contributed by atoms with E-state index in [9.17, 15) is 5.26 Å². The van der Waals surface area contributed by atoms with Gasteiger partial charge in [0.15, 0.2) is 0 Å². The maximum absolute atomic E-state index is 9.43. The van der Waals surface area contributed by atoms with Crippen molar-refractivity contribution in [3.05, 3.63) is 53.1 Å². The van der Waals surface area contributed by atoms with Gasteiger partial charge >= 0.3 is 0 Å². The minimum atomic E-state index is -0.0101. The molecule has 1 aliphatic carbocycles. The monoisotopic (exact) mass is 375 g/mol. The lowest BCUT2D eigenvalue weighted by atomic mass is 10.0. The Labute approximate surface area is 163 Å². The fourth-order valence-electron chi connectivity index (χ4n) is 3.63. The van der Waals surface area contributed by atoms with Gasteiger partial charge in [0, 0.05) is 18.2 Å². The van der Waals surface area contributed by atoms with E-state index in [0.717, 1.165) is 18.4 Å². The van der Waals surface area contributed by atoms with E-state index in [1.807, 2.05) is 32.0 Å². The molecule has 1 heterocycles. The summed E-state index contributed by atoms with van der Waals surface area (Å²) in [6.45, 7) is 3.84. The minimum absolute atomic E-state index is 0.0101. The zero-order chi connectivity index (χ0) is 19.7. The van der Waals surface area contributed by atoms with Crippen LogP contribution in [0.1, 0.15) is 43.1 Å². The first-order valence-corrected chi connectivity index (χ1v) is 9.30. The fourth-order valence-corrected chi connectivity index (χ4v) is 3.63. The number of methoxy groups -OCH3 is 1. The second-order valence-corrected chi connectivity index (χ2v) is 7.05. The van der Waals surface area contributed by atoms with Gasteiger partial charge in [0.25, 0.3) is 5.89 Å². The number of nitriles is 1. The number of ether oxygens (including phenoxy) is 2. The molecule has 1 aliphatic rings. The number of hydrogen-bond donors (Lipinski definition) is 0. The number of benzene rings is 2. The van der Waals surface area contributed by atoms with Gasteiger partial charge in [-0.05, 0) is 56.0 Å². The van der Waals surface area contributed by atoms with Crippen LogP contribution in [-0.2, 0) is 11.2 Å². The van der Waals surface area contributed by atoms with Crippen molar-refractivity contribution in [2.45, 2.75) is 38.9 Å². The largest absolute Gasteiger partial charge is 0.490 e. The summed E-state index contributed by atoms with van der Waals surface area (Å²) >= 11 is 0. The first-order valence-electron chi connectivity index (χ1n) is 9.30. The molecular weight excluding hydrogens is 354 g/mol. The van der Waals surface area contributed by atoms with Gasteiger partial charge in [-0.1, -0.05) is 23.4 Å². The summed E-state index contributed by atoms with van der Waals surface area (Å²) in [5.74, 6) is 1.47. The molecule has 142 valence electrons. The number of fused-ring (bicyclic) bond motifs is 1. The van der Waals surface area contributed by atoms with Crippen LogP contribution in [0.25, 0.3) is 22.8 Å². The molecule has 4 rings (SSSR count). The Kier molecular flexibility index (Phi) is 4.84. The lowest BCUT2D eigenvalue weighted by Gasteiger charge is -2.11. The van der Waals surface area contributed by atoms with E-state index in [1.165, 1.54) is 11.1 Å². The van der Waals surface area contributed by atoms with Crippen LogP contribution in [-0.4, -0.2) is 23.4 Å². The van der Waals surface area contributed by atoms with Gasteiger partial charge < -0.3 is 14.0 Å². The predicted octanol–water partition coefficient (Wildman–Crippen LogP) is 4.70. The maximum Gasteiger partial charge on any atom is 0.258 e. The third-order valence-electron chi connectivity index (χ3n) is 4.88. The van der Waals surface area contributed by atoms with Crippen LogP contribution in [0.15, 0.2) is 40.9 Å². The molecule has 0 fully saturated rings. The van der Waals surface area contributed by atoms with Crippen molar-refractivity contribution in [3.8, 4) is 34.7 Å². The Morgan fingerprint density at radius 1 is 1.25 bits per heavy atom. The molecule has 6 nitrogen and oxygen atoms in total. The molecule has 3 aromatic rings. The van der Waals surface area contributed by atoms with Crippen molar-refractivity contribution in [1.82, 2.24) is 10.1 Å². The molecule has 0 N–H and O–H groups in total. The summed E-state index contributed by atoms with van der Waals surface area (Å²) in [5, 5.41) is 13.6. The van der Waals surface area contributed by atoms with Gasteiger partial charge in [0.05, 0.1) is 17.8 Å². The zero-order valence-corrected chi connectivity index (χ0v) is 16.1. The van der Waals surface area contributed by atoms with Gasteiger partial charge in [-0.2, -0.15) is 10.2 Å². The third kappa shape index (κ3) is 3.25. The molecule has 1 atom stereocenters. The quantitative estimate of drug-likeness (QED) is 0.643. The lowest BCUT2D eigenvalue weighted by Crippen LogP contribution is -2.06. The van der Waals surface area contributed by atoms with Crippen LogP contribution >= 0.6 is 0 Å². The Hall–Kier alpha value is -3.17. The molecule has 0 amide bonds. The lowest BCUT2D eigenvalue weighted by molar-refractivity contribution is 0.105. The van der Waals surface area contributed by atoms with Crippen molar-refractivity contribution in [1.29, 1.82) is 5.26 Å². The molecule has 1 aromatic heterocycles. The molecule has 0 aliphatic heterocycles. The SMILES string of the molecule is COC1CCc2c(-c3noc(-c4ccc(OC(C)C)c(C#N)c4)n3)cccc21. The van der Waals surface area contributed by atoms with Gasteiger partial charge in [0.2, 0.25) is 5.82 Å². The molecule has 0 spiro atoms. The third-order valence-corrected chi connectivity index (χ3v) is 4.88. The summed E-state index contributed by atoms with van der Waals surface area (Å²) in [6, 6.07) is 13.6. The number of hydrogen-bond acceptors (Lipinski definition) is 6. The second-order valence-electron chi connectivity index (χ2n) is 7.05. The topological polar surface area (TPSA) is 81.2 Å². The summed E-state index contributed by atoms with van der Waals surface area (Å²) in [6.07, 6.45) is 1.99. The molecule has 6 heteroatoms. The van der Waals surface area contributed by atoms with Gasteiger partial charge in [-0.25, -0.2) is 0 Å². The number of aromatic nitrogens is 2. The molecule has 0 bridgehead atoms. The zero-order valence-electron chi connectivity index (χ0n) is 16.1. The maximum atomic E-state index is 9.43. The average molecular weight is 375 g/mol. The molecule has 0 saturated heterocycles. The first kappa shape index (κ1) is 18.2. The smallest absolute Gasteiger partial charge is 0.258 e. The Bertz CT molecular complexity index is 1050. The van der Waals surface area contributed by atoms with E-state index in [2.05, 4.69) is 22.3 Å². The van der Waals surface area contributed by atoms with Gasteiger partial charge in [-0.15, -0.1) is 0 Å². The van der Waals surface area contributed by atoms with Crippen molar-refractivity contribution in [3.63, 3.8) is 0 Å². The van der Waals surface area contributed by atoms with Crippen molar-refractivity contribution in [2.75, 3.05) is 7.11 Å². The van der Waals surface area contributed by atoms with E-state index >= 15 is 0 Å². The van der Waals surface area contributed by atoms with E-state index in [1.54, 1.807) is 19.2 Å².